The standard InChI is InChI=1S/C12H14N2.C2H6/c1-10-6-2-3-8-12(14-10)11-7-4-5-9-13-11;1-2/h4-7,9H,2-3,8H2,1H3;1-2H3. The molecule has 0 N–H and O–H groups in total. The Labute approximate surface area is 98.1 Å². The summed E-state index contributed by atoms with van der Waals surface area (Å²) in [5.41, 5.74) is 3.25. The molecule has 2 heterocycles. The molecule has 2 rings (SSSR count). The summed E-state index contributed by atoms with van der Waals surface area (Å²) in [6.07, 6.45) is 7.35. The average Bonchev–Trinajstić information content (AvgIpc) is 2.58. The molecule has 1 aromatic rings. The van der Waals surface area contributed by atoms with Crippen molar-refractivity contribution in [2.24, 2.45) is 4.99 Å². The number of allylic oxidation sites excluding steroid dienone is 2. The van der Waals surface area contributed by atoms with Crippen molar-refractivity contribution in [3.8, 4) is 0 Å². The quantitative estimate of drug-likeness (QED) is 0.697. The van der Waals surface area contributed by atoms with Crippen LogP contribution in [0.15, 0.2) is 41.2 Å². The van der Waals surface area contributed by atoms with Gasteiger partial charge in [-0.3, -0.25) is 9.98 Å². The van der Waals surface area contributed by atoms with E-state index in [4.69, 9.17) is 0 Å². The van der Waals surface area contributed by atoms with E-state index in [0.29, 0.717) is 0 Å². The Morgan fingerprint density at radius 3 is 2.69 bits per heavy atom. The Balaban J connectivity index is 0.000000606. The van der Waals surface area contributed by atoms with E-state index in [1.807, 2.05) is 45.2 Å². The Hall–Kier alpha value is -1.44. The molecule has 1 aromatic heterocycles. The number of nitrogens with zero attached hydrogens (tertiary/aromatic N) is 2. The number of aliphatic imine (C=N–C) groups is 1. The summed E-state index contributed by atoms with van der Waals surface area (Å²) in [7, 11) is 0. The second kappa shape index (κ2) is 6.94. The van der Waals surface area contributed by atoms with Gasteiger partial charge in [0, 0.05) is 11.9 Å². The summed E-state index contributed by atoms with van der Waals surface area (Å²) < 4.78 is 0. The average molecular weight is 216 g/mol. The van der Waals surface area contributed by atoms with Gasteiger partial charge in [-0.25, -0.2) is 0 Å². The van der Waals surface area contributed by atoms with E-state index in [-0.39, 0.29) is 0 Å². The minimum atomic E-state index is 1.02. The molecule has 0 bridgehead atoms. The smallest absolute Gasteiger partial charge is 0.0844 e. The summed E-state index contributed by atoms with van der Waals surface area (Å²) in [6.45, 7) is 6.05. The molecular weight excluding hydrogens is 196 g/mol. The van der Waals surface area contributed by atoms with Crippen LogP contribution in [-0.2, 0) is 0 Å². The Morgan fingerprint density at radius 1 is 1.19 bits per heavy atom. The molecule has 2 heteroatoms. The first-order valence-corrected chi connectivity index (χ1v) is 6.02. The molecule has 1 aliphatic heterocycles. The maximum absolute atomic E-state index is 4.56. The minimum Gasteiger partial charge on any atom is -0.256 e. The number of aromatic nitrogens is 1. The van der Waals surface area contributed by atoms with E-state index >= 15 is 0 Å². The van der Waals surface area contributed by atoms with Gasteiger partial charge >= 0.3 is 0 Å². The van der Waals surface area contributed by atoms with Crippen LogP contribution >= 0.6 is 0 Å². The Kier molecular flexibility index (Phi) is 5.48. The predicted octanol–water partition coefficient (Wildman–Crippen LogP) is 3.98. The summed E-state index contributed by atoms with van der Waals surface area (Å²) in [6, 6.07) is 5.97. The van der Waals surface area contributed by atoms with Crippen molar-refractivity contribution < 1.29 is 0 Å². The second-order valence-electron chi connectivity index (χ2n) is 3.51. The van der Waals surface area contributed by atoms with Crippen LogP contribution in [0.4, 0.5) is 0 Å². The van der Waals surface area contributed by atoms with Crippen molar-refractivity contribution in [3.63, 3.8) is 0 Å². The molecule has 0 spiro atoms. The van der Waals surface area contributed by atoms with E-state index in [1.165, 1.54) is 6.42 Å². The lowest BCUT2D eigenvalue weighted by Gasteiger charge is -2.02. The molecular formula is C14H20N2. The SMILES string of the molecule is CC.CC1=CCCCC(c2ccccn2)=N1. The lowest BCUT2D eigenvalue weighted by Crippen LogP contribution is -2.02. The van der Waals surface area contributed by atoms with Gasteiger partial charge in [0.15, 0.2) is 0 Å². The number of hydrogen-bond donors (Lipinski definition) is 0. The largest absolute Gasteiger partial charge is 0.256 e. The van der Waals surface area contributed by atoms with Crippen molar-refractivity contribution in [2.75, 3.05) is 0 Å². The molecule has 0 saturated heterocycles. The van der Waals surface area contributed by atoms with Gasteiger partial charge in [-0.1, -0.05) is 26.0 Å². The number of rotatable bonds is 1. The monoisotopic (exact) mass is 216 g/mol. The van der Waals surface area contributed by atoms with Crippen LogP contribution in [-0.4, -0.2) is 10.7 Å². The zero-order valence-corrected chi connectivity index (χ0v) is 10.4. The molecule has 2 nitrogen and oxygen atoms in total. The van der Waals surface area contributed by atoms with E-state index < -0.39 is 0 Å². The zero-order valence-electron chi connectivity index (χ0n) is 10.4. The molecule has 16 heavy (non-hydrogen) atoms. The molecule has 0 radical (unpaired) electrons. The van der Waals surface area contributed by atoms with E-state index in [1.54, 1.807) is 0 Å². The third-order valence-electron chi connectivity index (χ3n) is 2.33. The topological polar surface area (TPSA) is 25.2 Å². The van der Waals surface area contributed by atoms with Gasteiger partial charge in [-0.15, -0.1) is 0 Å². The zero-order chi connectivity index (χ0) is 11.8. The van der Waals surface area contributed by atoms with Crippen LogP contribution in [0.25, 0.3) is 0 Å². The molecule has 0 amide bonds. The second-order valence-corrected chi connectivity index (χ2v) is 3.51. The molecule has 86 valence electrons. The summed E-state index contributed by atoms with van der Waals surface area (Å²) in [4.78, 5) is 8.88. The van der Waals surface area contributed by atoms with E-state index in [2.05, 4.69) is 16.1 Å². The van der Waals surface area contributed by atoms with Gasteiger partial charge in [-0.05, 0) is 38.3 Å². The van der Waals surface area contributed by atoms with Crippen LogP contribution in [0.2, 0.25) is 0 Å². The molecule has 0 aliphatic carbocycles. The molecule has 0 atom stereocenters. The third kappa shape index (κ3) is 3.61. The van der Waals surface area contributed by atoms with Gasteiger partial charge in [0.1, 0.15) is 0 Å². The third-order valence-corrected chi connectivity index (χ3v) is 2.33. The van der Waals surface area contributed by atoms with Crippen molar-refractivity contribution in [1.82, 2.24) is 4.98 Å². The lowest BCUT2D eigenvalue weighted by molar-refractivity contribution is 0.898. The van der Waals surface area contributed by atoms with E-state index in [0.717, 1.165) is 29.9 Å². The highest BCUT2D eigenvalue weighted by atomic mass is 14.8. The minimum absolute atomic E-state index is 1.02. The maximum Gasteiger partial charge on any atom is 0.0844 e. The van der Waals surface area contributed by atoms with Crippen molar-refractivity contribution in [1.29, 1.82) is 0 Å². The molecule has 0 unspecified atom stereocenters. The van der Waals surface area contributed by atoms with Crippen LogP contribution in [0.5, 0.6) is 0 Å². The molecule has 0 aromatic carbocycles. The highest BCUT2D eigenvalue weighted by molar-refractivity contribution is 5.99. The first-order valence-electron chi connectivity index (χ1n) is 6.02. The highest BCUT2D eigenvalue weighted by Gasteiger charge is 2.06. The summed E-state index contributed by atoms with van der Waals surface area (Å²) in [5, 5.41) is 0. The maximum atomic E-state index is 4.56. The predicted molar refractivity (Wildman–Crippen MR) is 69.7 cm³/mol. The van der Waals surface area contributed by atoms with Crippen molar-refractivity contribution >= 4 is 5.71 Å². The Bertz CT molecular complexity index is 364. The number of pyridine rings is 1. The van der Waals surface area contributed by atoms with Gasteiger partial charge in [0.05, 0.1) is 11.4 Å². The fourth-order valence-electron chi connectivity index (χ4n) is 1.61. The van der Waals surface area contributed by atoms with Gasteiger partial charge in [-0.2, -0.15) is 0 Å². The summed E-state index contributed by atoms with van der Waals surface area (Å²) >= 11 is 0. The molecule has 0 fully saturated rings. The lowest BCUT2D eigenvalue weighted by atomic mass is 10.1. The van der Waals surface area contributed by atoms with Crippen LogP contribution in [0.1, 0.15) is 45.7 Å². The molecule has 0 saturated carbocycles. The van der Waals surface area contributed by atoms with Crippen molar-refractivity contribution in [2.45, 2.75) is 40.0 Å². The fourth-order valence-corrected chi connectivity index (χ4v) is 1.61. The first-order chi connectivity index (χ1) is 7.86. The van der Waals surface area contributed by atoms with Gasteiger partial charge < -0.3 is 0 Å². The first kappa shape index (κ1) is 12.6. The highest BCUT2D eigenvalue weighted by Crippen LogP contribution is 2.14. The van der Waals surface area contributed by atoms with Crippen molar-refractivity contribution in [3.05, 3.63) is 41.9 Å². The van der Waals surface area contributed by atoms with Crippen LogP contribution in [0.3, 0.4) is 0 Å². The van der Waals surface area contributed by atoms with Crippen LogP contribution in [0, 0.1) is 0 Å². The van der Waals surface area contributed by atoms with Gasteiger partial charge in [0.2, 0.25) is 0 Å². The van der Waals surface area contributed by atoms with Crippen LogP contribution < -0.4 is 0 Å². The fraction of sp³-hybridized carbons (Fsp3) is 0.429. The van der Waals surface area contributed by atoms with E-state index in [9.17, 15) is 0 Å². The molecule has 1 aliphatic rings. The number of hydrogen-bond acceptors (Lipinski definition) is 2. The Morgan fingerprint density at radius 2 is 2.00 bits per heavy atom. The van der Waals surface area contributed by atoms with Gasteiger partial charge in [0.25, 0.3) is 0 Å². The normalized spacial score (nSPS) is 15.2. The summed E-state index contributed by atoms with van der Waals surface area (Å²) in [5.74, 6) is 0.